The zero-order valence-corrected chi connectivity index (χ0v) is 8.28. The number of hydrogen-bond acceptors (Lipinski definition) is 5. The van der Waals surface area contributed by atoms with Crippen LogP contribution in [0.1, 0.15) is 0 Å². The molecule has 0 fully saturated rings. The number of imidazole rings is 1. The summed E-state index contributed by atoms with van der Waals surface area (Å²) in [5, 5.41) is 4.37. The molecule has 3 heterocycles. The van der Waals surface area contributed by atoms with E-state index in [1.165, 1.54) is 0 Å². The molecule has 0 spiro atoms. The Bertz CT molecular complexity index is 627. The molecule has 0 amide bonds. The monoisotopic (exact) mass is 212 g/mol. The molecule has 0 aliphatic carbocycles. The Morgan fingerprint density at radius 3 is 2.69 bits per heavy atom. The molecular weight excluding hydrogens is 204 g/mol. The Labute approximate surface area is 90.8 Å². The molecular formula is C10H8N6. The van der Waals surface area contributed by atoms with Crippen LogP contribution in [0.4, 0.5) is 5.95 Å². The summed E-state index contributed by atoms with van der Waals surface area (Å²) in [4.78, 5) is 12.0. The van der Waals surface area contributed by atoms with Gasteiger partial charge in [-0.25, -0.2) is 19.5 Å². The highest BCUT2D eigenvalue weighted by atomic mass is 15.2. The fraction of sp³-hybridized carbons (Fsp3) is 0. The lowest BCUT2D eigenvalue weighted by atomic mass is 10.2. The molecule has 16 heavy (non-hydrogen) atoms. The third kappa shape index (κ3) is 1.36. The second-order valence-corrected chi connectivity index (χ2v) is 3.28. The first-order valence-corrected chi connectivity index (χ1v) is 4.71. The van der Waals surface area contributed by atoms with Crippen molar-refractivity contribution >= 4 is 11.6 Å². The molecule has 3 rings (SSSR count). The van der Waals surface area contributed by atoms with Crippen LogP contribution in [0.5, 0.6) is 0 Å². The average Bonchev–Trinajstić information content (AvgIpc) is 2.77. The Morgan fingerprint density at radius 2 is 1.88 bits per heavy atom. The number of fused-ring (bicyclic) bond motifs is 1. The maximum atomic E-state index is 5.42. The number of hydrogen-bond donors (Lipinski definition) is 1. The van der Waals surface area contributed by atoms with Gasteiger partial charge in [-0.05, 0) is 12.1 Å². The summed E-state index contributed by atoms with van der Waals surface area (Å²) in [7, 11) is 0. The van der Waals surface area contributed by atoms with Gasteiger partial charge < -0.3 is 5.73 Å². The van der Waals surface area contributed by atoms with Crippen molar-refractivity contribution in [1.82, 2.24) is 24.6 Å². The summed E-state index contributed by atoms with van der Waals surface area (Å²) in [6.45, 7) is 0. The van der Waals surface area contributed by atoms with Crippen molar-refractivity contribution in [2.45, 2.75) is 0 Å². The molecule has 6 heteroatoms. The van der Waals surface area contributed by atoms with Gasteiger partial charge in [-0.3, -0.25) is 0 Å². The number of anilines is 1. The molecule has 78 valence electrons. The lowest BCUT2D eigenvalue weighted by Gasteiger charge is -2.00. The van der Waals surface area contributed by atoms with Crippen molar-refractivity contribution in [1.29, 1.82) is 0 Å². The van der Waals surface area contributed by atoms with Crippen molar-refractivity contribution in [3.8, 4) is 11.3 Å². The van der Waals surface area contributed by atoms with Crippen LogP contribution >= 0.6 is 0 Å². The van der Waals surface area contributed by atoms with E-state index in [2.05, 4.69) is 20.1 Å². The quantitative estimate of drug-likeness (QED) is 0.644. The van der Waals surface area contributed by atoms with E-state index in [9.17, 15) is 0 Å². The van der Waals surface area contributed by atoms with Crippen LogP contribution in [0.25, 0.3) is 16.9 Å². The predicted molar refractivity (Wildman–Crippen MR) is 58.4 cm³/mol. The minimum absolute atomic E-state index is 0.257. The number of nitrogens with zero attached hydrogens (tertiary/aromatic N) is 5. The molecule has 0 aliphatic heterocycles. The molecule has 2 N–H and O–H groups in total. The minimum atomic E-state index is 0.257. The van der Waals surface area contributed by atoms with E-state index in [0.717, 1.165) is 16.9 Å². The highest BCUT2D eigenvalue weighted by Gasteiger charge is 2.02. The van der Waals surface area contributed by atoms with Crippen molar-refractivity contribution < 1.29 is 0 Å². The molecule has 0 aliphatic rings. The molecule has 0 aromatic carbocycles. The predicted octanol–water partition coefficient (Wildman–Crippen LogP) is 0.768. The van der Waals surface area contributed by atoms with Crippen molar-refractivity contribution in [2.75, 3.05) is 5.73 Å². The summed E-state index contributed by atoms with van der Waals surface area (Å²) < 4.78 is 1.70. The fourth-order valence-electron chi connectivity index (χ4n) is 1.44. The van der Waals surface area contributed by atoms with Gasteiger partial charge in [-0.15, -0.1) is 0 Å². The van der Waals surface area contributed by atoms with Crippen molar-refractivity contribution in [3.63, 3.8) is 0 Å². The number of rotatable bonds is 1. The SMILES string of the molecule is Nc1ncc(-c2ccc3nccn3n2)cn1. The molecule has 0 radical (unpaired) electrons. The molecule has 0 atom stereocenters. The molecule has 0 unspecified atom stereocenters. The minimum Gasteiger partial charge on any atom is -0.368 e. The standard InChI is InChI=1S/C10H8N6/c11-10-13-5-7(6-14-10)8-1-2-9-12-3-4-16(9)15-8/h1-6H,(H2,11,13,14). The lowest BCUT2D eigenvalue weighted by Crippen LogP contribution is -1.96. The summed E-state index contributed by atoms with van der Waals surface area (Å²) >= 11 is 0. The number of aromatic nitrogens is 5. The normalized spacial score (nSPS) is 10.8. The van der Waals surface area contributed by atoms with Gasteiger partial charge in [-0.2, -0.15) is 5.10 Å². The molecule has 0 saturated carbocycles. The zero-order chi connectivity index (χ0) is 11.0. The first kappa shape index (κ1) is 8.78. The summed E-state index contributed by atoms with van der Waals surface area (Å²) in [5.74, 6) is 0.257. The second-order valence-electron chi connectivity index (χ2n) is 3.28. The van der Waals surface area contributed by atoms with Gasteiger partial charge in [0.25, 0.3) is 0 Å². The topological polar surface area (TPSA) is 82.0 Å². The van der Waals surface area contributed by atoms with E-state index in [1.807, 2.05) is 12.1 Å². The van der Waals surface area contributed by atoms with Crippen LogP contribution in [-0.4, -0.2) is 24.6 Å². The Kier molecular flexibility index (Phi) is 1.79. The Balaban J connectivity index is 2.14. The van der Waals surface area contributed by atoms with Crippen molar-refractivity contribution in [3.05, 3.63) is 36.9 Å². The van der Waals surface area contributed by atoms with E-state index in [-0.39, 0.29) is 5.95 Å². The van der Waals surface area contributed by atoms with Crippen LogP contribution in [0.15, 0.2) is 36.9 Å². The Morgan fingerprint density at radius 1 is 1.06 bits per heavy atom. The average molecular weight is 212 g/mol. The molecule has 0 saturated heterocycles. The van der Waals surface area contributed by atoms with Crippen LogP contribution in [-0.2, 0) is 0 Å². The summed E-state index contributed by atoms with van der Waals surface area (Å²) in [5.41, 5.74) is 7.83. The van der Waals surface area contributed by atoms with Crippen LogP contribution in [0.2, 0.25) is 0 Å². The van der Waals surface area contributed by atoms with Gasteiger partial charge in [-0.1, -0.05) is 0 Å². The van der Waals surface area contributed by atoms with Gasteiger partial charge in [0.2, 0.25) is 5.95 Å². The van der Waals surface area contributed by atoms with E-state index in [0.29, 0.717) is 0 Å². The first-order chi connectivity index (χ1) is 7.83. The first-order valence-electron chi connectivity index (χ1n) is 4.71. The van der Waals surface area contributed by atoms with E-state index >= 15 is 0 Å². The maximum Gasteiger partial charge on any atom is 0.219 e. The second kappa shape index (κ2) is 3.27. The smallest absolute Gasteiger partial charge is 0.219 e. The van der Waals surface area contributed by atoms with Crippen LogP contribution in [0, 0.1) is 0 Å². The molecule has 6 nitrogen and oxygen atoms in total. The van der Waals surface area contributed by atoms with Gasteiger partial charge in [0.05, 0.1) is 5.69 Å². The molecule has 3 aromatic rings. The highest BCUT2D eigenvalue weighted by molar-refractivity contribution is 5.58. The largest absolute Gasteiger partial charge is 0.368 e. The third-order valence-electron chi connectivity index (χ3n) is 2.22. The van der Waals surface area contributed by atoms with Crippen molar-refractivity contribution in [2.24, 2.45) is 0 Å². The van der Waals surface area contributed by atoms with E-state index < -0.39 is 0 Å². The summed E-state index contributed by atoms with van der Waals surface area (Å²) in [6.07, 6.45) is 6.78. The van der Waals surface area contributed by atoms with Crippen LogP contribution < -0.4 is 5.73 Å². The number of nitrogens with two attached hydrogens (primary N) is 1. The van der Waals surface area contributed by atoms with E-state index in [4.69, 9.17) is 5.73 Å². The highest BCUT2D eigenvalue weighted by Crippen LogP contribution is 2.14. The third-order valence-corrected chi connectivity index (χ3v) is 2.22. The number of nitrogen functional groups attached to an aromatic ring is 1. The fourth-order valence-corrected chi connectivity index (χ4v) is 1.44. The Hall–Kier alpha value is -2.50. The van der Waals surface area contributed by atoms with Gasteiger partial charge in [0.15, 0.2) is 5.65 Å². The van der Waals surface area contributed by atoms with Crippen LogP contribution in [0.3, 0.4) is 0 Å². The zero-order valence-electron chi connectivity index (χ0n) is 8.28. The molecule has 3 aromatic heterocycles. The summed E-state index contributed by atoms with van der Waals surface area (Å²) in [6, 6.07) is 3.76. The maximum absolute atomic E-state index is 5.42. The van der Waals surface area contributed by atoms with Gasteiger partial charge in [0.1, 0.15) is 0 Å². The van der Waals surface area contributed by atoms with E-state index in [1.54, 1.807) is 29.3 Å². The lowest BCUT2D eigenvalue weighted by molar-refractivity contribution is 0.940. The molecule has 0 bridgehead atoms. The van der Waals surface area contributed by atoms with Gasteiger partial charge >= 0.3 is 0 Å². The van der Waals surface area contributed by atoms with Gasteiger partial charge in [0, 0.05) is 30.4 Å².